The molecule has 3 rings (SSSR count). The predicted octanol–water partition coefficient (Wildman–Crippen LogP) is 3.66. The van der Waals surface area contributed by atoms with Gasteiger partial charge in [-0.25, -0.2) is 22.0 Å². The van der Waals surface area contributed by atoms with E-state index >= 15 is 0 Å². The Morgan fingerprint density at radius 2 is 2.04 bits per heavy atom. The molecule has 2 heterocycles. The van der Waals surface area contributed by atoms with Crippen LogP contribution in [0.2, 0.25) is 0 Å². The zero-order chi connectivity index (χ0) is 19.6. The van der Waals surface area contributed by atoms with Crippen LogP contribution in [0.25, 0.3) is 10.6 Å². The molecule has 0 aliphatic heterocycles. The van der Waals surface area contributed by atoms with Crippen molar-refractivity contribution in [1.29, 1.82) is 0 Å². The molecule has 0 aliphatic carbocycles. The molecule has 27 heavy (non-hydrogen) atoms. The lowest BCUT2D eigenvalue weighted by Gasteiger charge is -2.07. The monoisotopic (exact) mass is 414 g/mol. The highest BCUT2D eigenvalue weighted by Crippen LogP contribution is 2.32. The van der Waals surface area contributed by atoms with Gasteiger partial charge in [0.15, 0.2) is 11.5 Å². The quantitative estimate of drug-likeness (QED) is 0.618. The molecule has 142 valence electrons. The first-order chi connectivity index (χ1) is 12.8. The Kier molecular flexibility index (Phi) is 5.24. The molecule has 0 saturated heterocycles. The first-order valence-corrected chi connectivity index (χ1v) is 9.82. The number of halogens is 2. The van der Waals surface area contributed by atoms with Gasteiger partial charge in [-0.15, -0.1) is 11.3 Å². The molecule has 11 heteroatoms. The first-order valence-electron chi connectivity index (χ1n) is 7.52. The maximum atomic E-state index is 13.7. The normalized spacial score (nSPS) is 11.4. The first kappa shape index (κ1) is 19.0. The molecule has 0 spiro atoms. The van der Waals surface area contributed by atoms with Gasteiger partial charge in [0, 0.05) is 12.1 Å². The molecule has 2 aromatic heterocycles. The zero-order valence-corrected chi connectivity index (χ0v) is 15.4. The molecule has 1 aromatic carbocycles. The Labute approximate surface area is 156 Å². The molecule has 0 amide bonds. The minimum absolute atomic E-state index is 0.0452. The van der Waals surface area contributed by atoms with Gasteiger partial charge in [-0.05, 0) is 31.2 Å². The zero-order valence-electron chi connectivity index (χ0n) is 13.7. The topological polar surface area (TPSA) is 98.5 Å². The van der Waals surface area contributed by atoms with Crippen molar-refractivity contribution in [3.05, 3.63) is 53.7 Å². The second kappa shape index (κ2) is 7.45. The van der Waals surface area contributed by atoms with E-state index in [4.69, 9.17) is 9.26 Å². The summed E-state index contributed by atoms with van der Waals surface area (Å²) in [6, 6.07) is 6.56. The SMILES string of the molecule is CCOC(=O)c1cc(-c2ccc(S(=O)(=O)Nc3ccc(F)cc3F)s2)on1. The number of hydrogen-bond donors (Lipinski definition) is 1. The van der Waals surface area contributed by atoms with Crippen LogP contribution in [0.1, 0.15) is 17.4 Å². The summed E-state index contributed by atoms with van der Waals surface area (Å²) in [5.74, 6) is -2.34. The van der Waals surface area contributed by atoms with E-state index in [2.05, 4.69) is 9.88 Å². The number of sulfonamides is 1. The van der Waals surface area contributed by atoms with Crippen LogP contribution < -0.4 is 4.72 Å². The van der Waals surface area contributed by atoms with Gasteiger partial charge in [-0.1, -0.05) is 5.16 Å². The standard InChI is InChI=1S/C16H12F2N2O5S2/c1-2-24-16(21)12-8-13(25-19-12)14-5-6-15(26-14)27(22,23)20-11-4-3-9(17)7-10(11)18/h3-8,20H,2H2,1H3. The molecule has 0 saturated carbocycles. The maximum Gasteiger partial charge on any atom is 0.360 e. The van der Waals surface area contributed by atoms with Crippen molar-refractivity contribution in [3.8, 4) is 10.6 Å². The van der Waals surface area contributed by atoms with Gasteiger partial charge >= 0.3 is 5.97 Å². The summed E-state index contributed by atoms with van der Waals surface area (Å²) in [6.45, 7) is 1.82. The van der Waals surface area contributed by atoms with E-state index in [0.29, 0.717) is 10.9 Å². The summed E-state index contributed by atoms with van der Waals surface area (Å²) in [4.78, 5) is 12.0. The van der Waals surface area contributed by atoms with E-state index < -0.39 is 27.6 Å². The fraction of sp³-hybridized carbons (Fsp3) is 0.125. The number of ether oxygens (including phenoxy) is 1. The van der Waals surface area contributed by atoms with Crippen molar-refractivity contribution < 1.29 is 31.3 Å². The molecule has 0 aliphatic rings. The molecular weight excluding hydrogens is 402 g/mol. The van der Waals surface area contributed by atoms with Gasteiger partial charge in [-0.2, -0.15) is 0 Å². The van der Waals surface area contributed by atoms with Crippen LogP contribution in [-0.4, -0.2) is 26.2 Å². The van der Waals surface area contributed by atoms with Crippen LogP contribution >= 0.6 is 11.3 Å². The summed E-state index contributed by atoms with van der Waals surface area (Å²) in [5, 5.41) is 3.58. The number of thiophene rings is 1. The number of aromatic nitrogens is 1. The smallest absolute Gasteiger partial charge is 0.360 e. The maximum absolute atomic E-state index is 13.7. The number of rotatable bonds is 6. The van der Waals surface area contributed by atoms with E-state index in [9.17, 15) is 22.0 Å². The third kappa shape index (κ3) is 4.14. The van der Waals surface area contributed by atoms with Crippen LogP contribution in [-0.2, 0) is 14.8 Å². The molecule has 1 N–H and O–H groups in total. The number of esters is 1. The highest BCUT2D eigenvalue weighted by atomic mass is 32.2. The second-order valence-electron chi connectivity index (χ2n) is 5.15. The van der Waals surface area contributed by atoms with Crippen molar-refractivity contribution in [2.75, 3.05) is 11.3 Å². The summed E-state index contributed by atoms with van der Waals surface area (Å²) in [7, 11) is -4.10. The van der Waals surface area contributed by atoms with E-state index in [1.165, 1.54) is 18.2 Å². The number of benzene rings is 1. The number of nitrogens with zero attached hydrogens (tertiary/aromatic N) is 1. The lowest BCUT2D eigenvalue weighted by atomic mass is 10.3. The number of nitrogens with one attached hydrogen (secondary N) is 1. The van der Waals surface area contributed by atoms with Crippen LogP contribution in [0.15, 0.2) is 45.1 Å². The molecule has 0 atom stereocenters. The molecule has 0 unspecified atom stereocenters. The largest absolute Gasteiger partial charge is 0.461 e. The molecule has 3 aromatic rings. The predicted molar refractivity (Wildman–Crippen MR) is 92.9 cm³/mol. The van der Waals surface area contributed by atoms with E-state index in [0.717, 1.165) is 23.5 Å². The minimum atomic E-state index is -4.10. The minimum Gasteiger partial charge on any atom is -0.461 e. The van der Waals surface area contributed by atoms with E-state index in [1.54, 1.807) is 6.92 Å². The number of carbonyl (C=O) groups excluding carboxylic acids is 1. The summed E-state index contributed by atoms with van der Waals surface area (Å²) in [6.07, 6.45) is 0. The molecule has 0 radical (unpaired) electrons. The Hall–Kier alpha value is -2.79. The van der Waals surface area contributed by atoms with Crippen molar-refractivity contribution >= 4 is 33.0 Å². The van der Waals surface area contributed by atoms with Crippen LogP contribution in [0.3, 0.4) is 0 Å². The second-order valence-corrected chi connectivity index (χ2v) is 8.14. The van der Waals surface area contributed by atoms with Crippen molar-refractivity contribution in [2.45, 2.75) is 11.1 Å². The Morgan fingerprint density at radius 3 is 2.74 bits per heavy atom. The third-order valence-corrected chi connectivity index (χ3v) is 6.22. The fourth-order valence-corrected chi connectivity index (χ4v) is 4.38. The molecule has 7 nitrogen and oxygen atoms in total. The van der Waals surface area contributed by atoms with Crippen LogP contribution in [0, 0.1) is 11.6 Å². The fourth-order valence-electron chi connectivity index (χ4n) is 2.06. The Bertz CT molecular complexity index is 1090. The lowest BCUT2D eigenvalue weighted by Crippen LogP contribution is -2.12. The molecule has 0 bridgehead atoms. The average Bonchev–Trinajstić information content (AvgIpc) is 3.26. The van der Waals surface area contributed by atoms with Gasteiger partial charge in [0.25, 0.3) is 10.0 Å². The van der Waals surface area contributed by atoms with Crippen LogP contribution in [0.4, 0.5) is 14.5 Å². The van der Waals surface area contributed by atoms with Gasteiger partial charge in [0.2, 0.25) is 0 Å². The molecule has 0 fully saturated rings. The van der Waals surface area contributed by atoms with Gasteiger partial charge < -0.3 is 9.26 Å². The lowest BCUT2D eigenvalue weighted by molar-refractivity contribution is 0.0514. The molecular formula is C16H12F2N2O5S2. The highest BCUT2D eigenvalue weighted by molar-refractivity contribution is 7.94. The van der Waals surface area contributed by atoms with E-state index in [1.807, 2.05) is 0 Å². The van der Waals surface area contributed by atoms with E-state index in [-0.39, 0.29) is 28.0 Å². The van der Waals surface area contributed by atoms with Crippen molar-refractivity contribution in [3.63, 3.8) is 0 Å². The van der Waals surface area contributed by atoms with Gasteiger partial charge in [0.1, 0.15) is 15.8 Å². The summed E-state index contributed by atoms with van der Waals surface area (Å²) in [5.41, 5.74) is -0.424. The number of hydrogen-bond acceptors (Lipinski definition) is 7. The number of anilines is 1. The average molecular weight is 414 g/mol. The van der Waals surface area contributed by atoms with Gasteiger partial charge in [0.05, 0.1) is 17.2 Å². The van der Waals surface area contributed by atoms with Crippen molar-refractivity contribution in [1.82, 2.24) is 5.16 Å². The Balaban J connectivity index is 1.83. The highest BCUT2D eigenvalue weighted by Gasteiger charge is 2.21. The Morgan fingerprint density at radius 1 is 1.26 bits per heavy atom. The van der Waals surface area contributed by atoms with Crippen LogP contribution in [0.5, 0.6) is 0 Å². The van der Waals surface area contributed by atoms with Gasteiger partial charge in [-0.3, -0.25) is 4.72 Å². The summed E-state index contributed by atoms with van der Waals surface area (Å²) >= 11 is 0.827. The van der Waals surface area contributed by atoms with Crippen molar-refractivity contribution in [2.24, 2.45) is 0 Å². The third-order valence-electron chi connectivity index (χ3n) is 3.26. The number of carbonyl (C=O) groups is 1. The summed E-state index contributed by atoms with van der Waals surface area (Å²) < 4.78 is 63.2.